The minimum atomic E-state index is -0.823. The molecule has 2 N–H and O–H groups in total. The van der Waals surface area contributed by atoms with Gasteiger partial charge in [-0.15, -0.1) is 11.3 Å². The van der Waals surface area contributed by atoms with Crippen molar-refractivity contribution in [3.05, 3.63) is 41.0 Å². The summed E-state index contributed by atoms with van der Waals surface area (Å²) in [6.45, 7) is 8.46. The van der Waals surface area contributed by atoms with Crippen molar-refractivity contribution in [3.63, 3.8) is 0 Å². The summed E-state index contributed by atoms with van der Waals surface area (Å²) >= 11 is 1.59. The van der Waals surface area contributed by atoms with Crippen LogP contribution in [0.2, 0.25) is 0 Å². The fourth-order valence-electron chi connectivity index (χ4n) is 4.39. The number of nitrogens with zero attached hydrogens (tertiary/aromatic N) is 2. The van der Waals surface area contributed by atoms with E-state index < -0.39 is 23.4 Å². The number of hydrogen-bond acceptors (Lipinski definition) is 8. The molecule has 1 fully saturated rings. The Labute approximate surface area is 233 Å². The van der Waals surface area contributed by atoms with Gasteiger partial charge in [-0.3, -0.25) is 14.4 Å². The molecular weight excluding hydrogens is 520 g/mol. The van der Waals surface area contributed by atoms with Crippen LogP contribution in [0.15, 0.2) is 29.8 Å². The molecule has 3 amide bonds. The molecule has 11 heteroatoms. The summed E-state index contributed by atoms with van der Waals surface area (Å²) in [5, 5.41) is 5.76. The van der Waals surface area contributed by atoms with Gasteiger partial charge in [0.05, 0.1) is 29.3 Å². The van der Waals surface area contributed by atoms with E-state index in [9.17, 15) is 19.2 Å². The molecule has 1 aromatic heterocycles. The number of ether oxygens (including phenoxy) is 2. The molecule has 0 spiro atoms. The van der Waals surface area contributed by atoms with Crippen molar-refractivity contribution in [2.75, 3.05) is 33.0 Å². The number of benzene rings is 1. The summed E-state index contributed by atoms with van der Waals surface area (Å²) in [7, 11) is 0. The zero-order chi connectivity index (χ0) is 28.4. The predicted molar refractivity (Wildman–Crippen MR) is 148 cm³/mol. The Bertz CT molecular complexity index is 1130. The van der Waals surface area contributed by atoms with Crippen LogP contribution in [0.25, 0.3) is 10.4 Å². The van der Waals surface area contributed by atoms with Crippen LogP contribution in [0.3, 0.4) is 0 Å². The highest BCUT2D eigenvalue weighted by Crippen LogP contribution is 2.28. The van der Waals surface area contributed by atoms with E-state index in [2.05, 4.69) is 15.6 Å². The van der Waals surface area contributed by atoms with Gasteiger partial charge in [-0.25, -0.2) is 4.98 Å². The number of aryl methyl sites for hydroxylation is 1. The number of carbonyl (C=O) groups excluding carboxylic acids is 4. The van der Waals surface area contributed by atoms with Crippen molar-refractivity contribution < 1.29 is 28.7 Å². The molecule has 10 nitrogen and oxygen atoms in total. The highest BCUT2D eigenvalue weighted by molar-refractivity contribution is 7.13. The Morgan fingerprint density at radius 2 is 1.90 bits per heavy atom. The number of carbonyl (C=O) groups is 4. The Morgan fingerprint density at radius 3 is 2.54 bits per heavy atom. The van der Waals surface area contributed by atoms with Crippen molar-refractivity contribution in [2.24, 2.45) is 5.41 Å². The average Bonchev–Trinajstić information content (AvgIpc) is 3.56. The van der Waals surface area contributed by atoms with Gasteiger partial charge in [0.2, 0.25) is 17.7 Å². The molecule has 212 valence electrons. The van der Waals surface area contributed by atoms with Gasteiger partial charge in [-0.2, -0.15) is 0 Å². The second-order valence-corrected chi connectivity index (χ2v) is 11.4. The Balaban J connectivity index is 1.55. The smallest absolute Gasteiger partial charge is 0.246 e. The topological polar surface area (TPSA) is 127 Å². The Morgan fingerprint density at radius 1 is 1.18 bits per heavy atom. The van der Waals surface area contributed by atoms with Gasteiger partial charge in [0.15, 0.2) is 0 Å². The number of nitrogens with one attached hydrogen (secondary N) is 2. The molecule has 1 aromatic carbocycles. The maximum absolute atomic E-state index is 13.6. The lowest BCUT2D eigenvalue weighted by molar-refractivity contribution is -0.144. The van der Waals surface area contributed by atoms with E-state index in [0.29, 0.717) is 32.2 Å². The number of likely N-dealkylation sites (tertiary alicyclic amines) is 1. The molecule has 2 heterocycles. The van der Waals surface area contributed by atoms with Crippen molar-refractivity contribution >= 4 is 35.3 Å². The van der Waals surface area contributed by atoms with E-state index in [1.165, 1.54) is 0 Å². The Kier molecular flexibility index (Phi) is 11.1. The summed E-state index contributed by atoms with van der Waals surface area (Å²) in [6, 6.07) is 6.58. The van der Waals surface area contributed by atoms with Crippen LogP contribution >= 0.6 is 11.3 Å². The minimum Gasteiger partial charge on any atom is -0.372 e. The van der Waals surface area contributed by atoms with Gasteiger partial charge in [-0.1, -0.05) is 45.0 Å². The third-order valence-corrected chi connectivity index (χ3v) is 7.45. The van der Waals surface area contributed by atoms with Gasteiger partial charge in [0.1, 0.15) is 31.6 Å². The normalized spacial score (nSPS) is 16.1. The van der Waals surface area contributed by atoms with Crippen LogP contribution in [0.1, 0.15) is 44.9 Å². The molecule has 0 bridgehead atoms. The lowest BCUT2D eigenvalue weighted by Crippen LogP contribution is -2.58. The zero-order valence-corrected chi connectivity index (χ0v) is 23.8. The predicted octanol–water partition coefficient (Wildman–Crippen LogP) is 2.49. The van der Waals surface area contributed by atoms with Crippen molar-refractivity contribution in [2.45, 2.75) is 59.2 Å². The van der Waals surface area contributed by atoms with E-state index in [4.69, 9.17) is 9.47 Å². The summed E-state index contributed by atoms with van der Waals surface area (Å²) < 4.78 is 10.3. The number of aromatic nitrogens is 1. The molecule has 39 heavy (non-hydrogen) atoms. The van der Waals surface area contributed by atoms with Crippen molar-refractivity contribution in [1.82, 2.24) is 20.5 Å². The fourth-order valence-corrected chi connectivity index (χ4v) is 5.21. The molecule has 2 atom stereocenters. The lowest BCUT2D eigenvalue weighted by atomic mass is 9.85. The maximum atomic E-state index is 13.6. The van der Waals surface area contributed by atoms with Gasteiger partial charge in [-0.05, 0) is 36.3 Å². The first-order valence-corrected chi connectivity index (χ1v) is 14.0. The van der Waals surface area contributed by atoms with E-state index in [1.807, 2.05) is 57.5 Å². The molecule has 0 saturated carbocycles. The molecule has 0 radical (unpaired) electrons. The maximum Gasteiger partial charge on any atom is 0.246 e. The van der Waals surface area contributed by atoms with Gasteiger partial charge in [0, 0.05) is 13.1 Å². The van der Waals surface area contributed by atoms with Gasteiger partial charge >= 0.3 is 0 Å². The zero-order valence-electron chi connectivity index (χ0n) is 23.0. The molecule has 1 saturated heterocycles. The molecule has 1 aliphatic heterocycles. The van der Waals surface area contributed by atoms with E-state index in [1.54, 1.807) is 16.2 Å². The number of thiazole rings is 1. The van der Waals surface area contributed by atoms with Crippen LogP contribution in [0.5, 0.6) is 0 Å². The summed E-state index contributed by atoms with van der Waals surface area (Å²) in [5.74, 6) is -0.927. The van der Waals surface area contributed by atoms with Crippen LogP contribution in [-0.4, -0.2) is 78.9 Å². The summed E-state index contributed by atoms with van der Waals surface area (Å²) in [5.41, 5.74) is 4.28. The van der Waals surface area contributed by atoms with Gasteiger partial charge < -0.3 is 29.8 Å². The quantitative estimate of drug-likeness (QED) is 0.286. The summed E-state index contributed by atoms with van der Waals surface area (Å²) in [6.07, 6.45) is 1.91. The number of aldehydes is 1. The highest BCUT2D eigenvalue weighted by atomic mass is 32.1. The second kappa shape index (κ2) is 14.3. The molecule has 3 rings (SSSR count). The van der Waals surface area contributed by atoms with E-state index in [-0.39, 0.29) is 38.2 Å². The van der Waals surface area contributed by atoms with Crippen molar-refractivity contribution in [1.29, 1.82) is 0 Å². The largest absolute Gasteiger partial charge is 0.372 e. The molecule has 0 aliphatic carbocycles. The number of hydrogen-bond donors (Lipinski definition) is 2. The Hall–Kier alpha value is -3.15. The number of amides is 3. The van der Waals surface area contributed by atoms with Crippen LogP contribution in [0, 0.1) is 12.3 Å². The molecular formula is C28H38N4O6S. The minimum absolute atomic E-state index is 0.0275. The third-order valence-electron chi connectivity index (χ3n) is 6.48. The first-order valence-electron chi connectivity index (χ1n) is 13.1. The first kappa shape index (κ1) is 30.4. The molecule has 2 aromatic rings. The third kappa shape index (κ3) is 8.67. The number of rotatable bonds is 13. The van der Waals surface area contributed by atoms with Crippen LogP contribution < -0.4 is 10.6 Å². The first-order chi connectivity index (χ1) is 18.6. The van der Waals surface area contributed by atoms with Gasteiger partial charge in [0.25, 0.3) is 0 Å². The van der Waals surface area contributed by atoms with Crippen LogP contribution in [-0.2, 0) is 35.2 Å². The standard InChI is InChI=1S/C28H38N4O6S/c1-19-24(39-18-30-19)21-9-7-20(8-10-21)16-29-26(35)22-6-5-11-32(22)27(36)25(28(2,3)4)31-23(34)17-38-15-14-37-13-12-33/h7-10,12,18,22,25H,5-6,11,13-17H2,1-4H3,(H,29,35)(H,31,34). The summed E-state index contributed by atoms with van der Waals surface area (Å²) in [4.78, 5) is 56.5. The van der Waals surface area contributed by atoms with E-state index >= 15 is 0 Å². The van der Waals surface area contributed by atoms with Crippen molar-refractivity contribution in [3.8, 4) is 10.4 Å². The monoisotopic (exact) mass is 558 g/mol. The molecule has 2 unspecified atom stereocenters. The highest BCUT2D eigenvalue weighted by Gasteiger charge is 2.41. The fraction of sp³-hybridized carbons (Fsp3) is 0.536. The molecule has 1 aliphatic rings. The SMILES string of the molecule is Cc1ncsc1-c1ccc(CNC(=O)C2CCCN2C(=O)C(NC(=O)COCCOCC=O)C(C)(C)C)cc1. The van der Waals surface area contributed by atoms with Crippen LogP contribution in [0.4, 0.5) is 0 Å². The lowest BCUT2D eigenvalue weighted by Gasteiger charge is -2.35. The average molecular weight is 559 g/mol. The van der Waals surface area contributed by atoms with E-state index in [0.717, 1.165) is 21.7 Å². The second-order valence-electron chi connectivity index (χ2n) is 10.5.